The topological polar surface area (TPSA) is 139 Å². The Balaban J connectivity index is 1.74. The van der Waals surface area contributed by atoms with Gasteiger partial charge in [0.05, 0.1) is 11.4 Å². The van der Waals surface area contributed by atoms with Gasteiger partial charge in [0.25, 0.3) is 0 Å². The smallest absolute Gasteiger partial charge is 0.248 e. The first kappa shape index (κ1) is 22.5. The van der Waals surface area contributed by atoms with Crippen molar-refractivity contribution >= 4 is 23.0 Å². The first-order valence-electron chi connectivity index (χ1n) is 10.2. The van der Waals surface area contributed by atoms with E-state index < -0.39 is 12.4 Å². The Hall–Kier alpha value is -3.14. The van der Waals surface area contributed by atoms with Gasteiger partial charge in [0.1, 0.15) is 18.0 Å². The summed E-state index contributed by atoms with van der Waals surface area (Å²) in [5.74, 6) is -0.248. The molecule has 0 aromatic heterocycles. The SMILES string of the molecule is CN/C(=C\C(=N)C(=N)c1cc(OC2(C)CC2)c(F)cc1N)N1CCN(C(=O)CO)CC1. The molecule has 2 fully saturated rings. The summed E-state index contributed by atoms with van der Waals surface area (Å²) >= 11 is 0. The van der Waals surface area contributed by atoms with Gasteiger partial charge < -0.3 is 30.7 Å². The van der Waals surface area contributed by atoms with E-state index in [9.17, 15) is 9.18 Å². The molecule has 31 heavy (non-hydrogen) atoms. The number of anilines is 1. The minimum atomic E-state index is -0.588. The first-order valence-corrected chi connectivity index (χ1v) is 10.2. The monoisotopic (exact) mass is 432 g/mol. The molecule has 1 aromatic rings. The maximum absolute atomic E-state index is 14.3. The number of rotatable bonds is 8. The van der Waals surface area contributed by atoms with Gasteiger partial charge in [-0.3, -0.25) is 15.6 Å². The van der Waals surface area contributed by atoms with Crippen molar-refractivity contribution in [2.24, 2.45) is 0 Å². The van der Waals surface area contributed by atoms with E-state index in [0.29, 0.717) is 32.0 Å². The minimum Gasteiger partial charge on any atom is -0.484 e. The van der Waals surface area contributed by atoms with Crippen molar-refractivity contribution in [1.82, 2.24) is 15.1 Å². The number of ether oxygens (including phenoxy) is 1. The van der Waals surface area contributed by atoms with Crippen LogP contribution in [0.1, 0.15) is 25.3 Å². The molecule has 0 radical (unpaired) electrons. The van der Waals surface area contributed by atoms with Crippen LogP contribution in [-0.2, 0) is 4.79 Å². The summed E-state index contributed by atoms with van der Waals surface area (Å²) < 4.78 is 20.0. The third kappa shape index (κ3) is 5.13. The standard InChI is InChI=1S/C21H29FN6O3/c1-21(3-4-21)31-17-9-13(15(23)10-14(17)22)20(25)16(24)11-18(26-2)27-5-7-28(8-6-27)19(30)12-29/h9-11,24-26,29H,3-8,12,23H2,1-2H3/b18-11+,24-16?,25-20?. The third-order valence-electron chi connectivity index (χ3n) is 5.60. The van der Waals surface area contributed by atoms with Crippen LogP contribution < -0.4 is 15.8 Å². The summed E-state index contributed by atoms with van der Waals surface area (Å²) in [4.78, 5) is 15.2. The molecule has 2 aliphatic rings. The Bertz CT molecular complexity index is 920. The van der Waals surface area contributed by atoms with Crippen LogP contribution in [0.4, 0.5) is 10.1 Å². The number of nitrogen functional groups attached to an aromatic ring is 1. The van der Waals surface area contributed by atoms with Gasteiger partial charge in [0.2, 0.25) is 5.91 Å². The van der Waals surface area contributed by atoms with Crippen molar-refractivity contribution in [3.8, 4) is 5.75 Å². The maximum Gasteiger partial charge on any atom is 0.248 e. The van der Waals surface area contributed by atoms with E-state index in [1.54, 1.807) is 11.9 Å². The summed E-state index contributed by atoms with van der Waals surface area (Å²) in [6.07, 6.45) is 3.19. The van der Waals surface area contributed by atoms with Crippen molar-refractivity contribution in [3.05, 3.63) is 35.4 Å². The predicted molar refractivity (Wildman–Crippen MR) is 116 cm³/mol. The lowest BCUT2D eigenvalue weighted by Crippen LogP contribution is -2.50. The van der Waals surface area contributed by atoms with Gasteiger partial charge in [-0.25, -0.2) is 4.39 Å². The number of hydrogen-bond donors (Lipinski definition) is 5. The molecular formula is C21H29FN6O3. The van der Waals surface area contributed by atoms with Gasteiger partial charge in [-0.05, 0) is 25.8 Å². The van der Waals surface area contributed by atoms with E-state index in [2.05, 4.69) is 5.32 Å². The average Bonchev–Trinajstić information content (AvgIpc) is 3.49. The van der Waals surface area contributed by atoms with Gasteiger partial charge in [0, 0.05) is 56.6 Å². The summed E-state index contributed by atoms with van der Waals surface area (Å²) in [6.45, 7) is 3.33. The fourth-order valence-electron chi connectivity index (χ4n) is 3.38. The van der Waals surface area contributed by atoms with Gasteiger partial charge >= 0.3 is 0 Å². The summed E-state index contributed by atoms with van der Waals surface area (Å²) in [5.41, 5.74) is 5.60. The largest absolute Gasteiger partial charge is 0.484 e. The molecular weight excluding hydrogens is 403 g/mol. The van der Waals surface area contributed by atoms with E-state index in [-0.39, 0.29) is 39.9 Å². The molecule has 3 rings (SSSR count). The van der Waals surface area contributed by atoms with Crippen LogP contribution in [0.25, 0.3) is 0 Å². The maximum atomic E-state index is 14.3. The molecule has 1 saturated heterocycles. The van der Waals surface area contributed by atoms with Crippen molar-refractivity contribution in [3.63, 3.8) is 0 Å². The van der Waals surface area contributed by atoms with Crippen LogP contribution in [0.3, 0.4) is 0 Å². The Morgan fingerprint density at radius 3 is 2.45 bits per heavy atom. The molecule has 1 amide bonds. The summed E-state index contributed by atoms with van der Waals surface area (Å²) in [7, 11) is 1.71. The fraction of sp³-hybridized carbons (Fsp3) is 0.476. The van der Waals surface area contributed by atoms with E-state index in [0.717, 1.165) is 18.9 Å². The quantitative estimate of drug-likeness (QED) is 0.306. The first-order chi connectivity index (χ1) is 14.7. The zero-order valence-corrected chi connectivity index (χ0v) is 17.8. The zero-order chi connectivity index (χ0) is 22.8. The highest BCUT2D eigenvalue weighted by Gasteiger charge is 2.40. The summed E-state index contributed by atoms with van der Waals surface area (Å²) in [5, 5.41) is 28.8. The number of carbonyl (C=O) groups is 1. The van der Waals surface area contributed by atoms with Crippen LogP contribution in [0.5, 0.6) is 5.75 Å². The average molecular weight is 433 g/mol. The van der Waals surface area contributed by atoms with Crippen molar-refractivity contribution in [1.29, 1.82) is 10.8 Å². The Labute approximate surface area is 180 Å². The lowest BCUT2D eigenvalue weighted by molar-refractivity contribution is -0.135. The number of benzene rings is 1. The molecule has 1 aliphatic carbocycles. The van der Waals surface area contributed by atoms with Gasteiger partial charge in [0.15, 0.2) is 11.6 Å². The molecule has 10 heteroatoms. The second kappa shape index (κ2) is 8.93. The van der Waals surface area contributed by atoms with Crippen LogP contribution in [0.2, 0.25) is 0 Å². The number of hydrogen-bond acceptors (Lipinski definition) is 8. The van der Waals surface area contributed by atoms with Crippen molar-refractivity contribution in [2.45, 2.75) is 25.4 Å². The molecule has 9 nitrogen and oxygen atoms in total. The molecule has 0 bridgehead atoms. The number of aliphatic hydroxyl groups is 1. The lowest BCUT2D eigenvalue weighted by atomic mass is 10.0. The minimum absolute atomic E-state index is 0.0317. The molecule has 168 valence electrons. The number of piperazine rings is 1. The van der Waals surface area contributed by atoms with Crippen molar-refractivity contribution in [2.75, 3.05) is 45.6 Å². The zero-order valence-electron chi connectivity index (χ0n) is 17.8. The molecule has 0 atom stereocenters. The number of nitrogens with two attached hydrogens (primary N) is 1. The van der Waals surface area contributed by atoms with Crippen LogP contribution in [0, 0.1) is 16.6 Å². The highest BCUT2D eigenvalue weighted by atomic mass is 19.1. The van der Waals surface area contributed by atoms with Gasteiger partial charge in [-0.2, -0.15) is 0 Å². The highest BCUT2D eigenvalue weighted by molar-refractivity contribution is 6.50. The van der Waals surface area contributed by atoms with E-state index >= 15 is 0 Å². The van der Waals surface area contributed by atoms with Gasteiger partial charge in [-0.1, -0.05) is 0 Å². The molecule has 1 aliphatic heterocycles. The number of nitrogens with zero attached hydrogens (tertiary/aromatic N) is 2. The molecule has 1 saturated carbocycles. The normalized spacial score (nSPS) is 17.9. The predicted octanol–water partition coefficient (Wildman–Crippen LogP) is 0.924. The number of carbonyl (C=O) groups excluding carboxylic acids is 1. The second-order valence-electron chi connectivity index (χ2n) is 8.02. The number of aliphatic hydroxyl groups excluding tert-OH is 1. The molecule has 1 heterocycles. The fourth-order valence-corrected chi connectivity index (χ4v) is 3.38. The van der Waals surface area contributed by atoms with E-state index in [1.807, 2.05) is 11.8 Å². The lowest BCUT2D eigenvalue weighted by Gasteiger charge is -2.37. The Kier molecular flexibility index (Phi) is 6.49. The van der Waals surface area contributed by atoms with Crippen LogP contribution in [-0.4, -0.2) is 77.7 Å². The van der Waals surface area contributed by atoms with Crippen LogP contribution >= 0.6 is 0 Å². The number of allylic oxidation sites excluding steroid dienone is 1. The number of amides is 1. The second-order valence-corrected chi connectivity index (χ2v) is 8.02. The number of nitrogens with one attached hydrogen (secondary N) is 3. The highest BCUT2D eigenvalue weighted by Crippen LogP contribution is 2.41. The number of halogens is 1. The third-order valence-corrected chi connectivity index (χ3v) is 5.60. The van der Waals surface area contributed by atoms with Crippen LogP contribution in [0.15, 0.2) is 24.0 Å². The molecule has 6 N–H and O–H groups in total. The molecule has 0 spiro atoms. The molecule has 0 unspecified atom stereocenters. The van der Waals surface area contributed by atoms with E-state index in [1.165, 1.54) is 12.1 Å². The van der Waals surface area contributed by atoms with Gasteiger partial charge in [-0.15, -0.1) is 0 Å². The summed E-state index contributed by atoms with van der Waals surface area (Å²) in [6, 6.07) is 2.51. The van der Waals surface area contributed by atoms with Crippen molar-refractivity contribution < 1.29 is 19.0 Å². The Morgan fingerprint density at radius 1 is 1.29 bits per heavy atom. The van der Waals surface area contributed by atoms with E-state index in [4.69, 9.17) is 26.4 Å². The molecule has 1 aromatic carbocycles. The Morgan fingerprint density at radius 2 is 1.90 bits per heavy atom.